The summed E-state index contributed by atoms with van der Waals surface area (Å²) in [6.07, 6.45) is 0.923. The van der Waals surface area contributed by atoms with Crippen molar-refractivity contribution in [1.82, 2.24) is 0 Å². The van der Waals surface area contributed by atoms with Crippen LogP contribution in [-0.2, 0) is 9.53 Å². The van der Waals surface area contributed by atoms with Crippen molar-refractivity contribution in [2.45, 2.75) is 44.8 Å². The molecule has 30 heavy (non-hydrogen) atoms. The highest BCUT2D eigenvalue weighted by Crippen LogP contribution is 2.49. The second-order valence-corrected chi connectivity index (χ2v) is 8.13. The first-order chi connectivity index (χ1) is 14.3. The average molecular weight is 433 g/mol. The topological polar surface area (TPSA) is 55.8 Å². The lowest BCUT2D eigenvalue weighted by atomic mass is 9.75. The number of para-hydroxylation sites is 1. The second-order valence-electron chi connectivity index (χ2n) is 7.69. The molecule has 0 amide bonds. The smallest absolute Gasteiger partial charge is 0.341 e. The van der Waals surface area contributed by atoms with Crippen molar-refractivity contribution < 1.29 is 23.8 Å². The van der Waals surface area contributed by atoms with Gasteiger partial charge in [-0.3, -0.25) is 0 Å². The van der Waals surface area contributed by atoms with Gasteiger partial charge in [0.05, 0.1) is 12.2 Å². The lowest BCUT2D eigenvalue weighted by molar-refractivity contribution is -0.139. The summed E-state index contributed by atoms with van der Waals surface area (Å²) in [5.74, 6) is -1.83. The molecule has 2 aromatic rings. The van der Waals surface area contributed by atoms with Gasteiger partial charge in [-0.05, 0) is 43.5 Å². The molecule has 0 aromatic heterocycles. The van der Waals surface area contributed by atoms with Crippen molar-refractivity contribution in [3.8, 4) is 5.75 Å². The van der Waals surface area contributed by atoms with Crippen LogP contribution in [0, 0.1) is 11.7 Å². The number of carbonyl (C=O) groups is 1. The van der Waals surface area contributed by atoms with Gasteiger partial charge in [-0.25, -0.2) is 9.18 Å². The summed E-state index contributed by atoms with van der Waals surface area (Å²) >= 11 is 6.21. The van der Waals surface area contributed by atoms with E-state index in [1.807, 2.05) is 38.1 Å². The Morgan fingerprint density at radius 2 is 2.07 bits per heavy atom. The van der Waals surface area contributed by atoms with Crippen molar-refractivity contribution in [3.63, 3.8) is 0 Å². The molecule has 3 rings (SSSR count). The van der Waals surface area contributed by atoms with E-state index in [-0.39, 0.29) is 23.7 Å². The van der Waals surface area contributed by atoms with E-state index in [1.165, 1.54) is 6.07 Å². The minimum absolute atomic E-state index is 0.0767. The van der Waals surface area contributed by atoms with Gasteiger partial charge in [0.25, 0.3) is 0 Å². The van der Waals surface area contributed by atoms with Crippen LogP contribution in [0.3, 0.4) is 0 Å². The van der Waals surface area contributed by atoms with Crippen molar-refractivity contribution >= 4 is 17.6 Å². The Kier molecular flexibility index (Phi) is 7.16. The third-order valence-corrected chi connectivity index (χ3v) is 5.83. The van der Waals surface area contributed by atoms with E-state index < -0.39 is 24.5 Å². The lowest BCUT2D eigenvalue weighted by Crippen LogP contribution is -2.36. The van der Waals surface area contributed by atoms with Crippen LogP contribution in [0.5, 0.6) is 5.75 Å². The third kappa shape index (κ3) is 4.85. The highest BCUT2D eigenvalue weighted by Gasteiger charge is 2.40. The molecule has 0 radical (unpaired) electrons. The quantitative estimate of drug-likeness (QED) is 0.532. The summed E-state index contributed by atoms with van der Waals surface area (Å²) in [4.78, 5) is 11.0. The maximum absolute atomic E-state index is 14.5. The zero-order valence-corrected chi connectivity index (χ0v) is 17.9. The van der Waals surface area contributed by atoms with Crippen molar-refractivity contribution in [3.05, 3.63) is 76.6 Å². The van der Waals surface area contributed by atoms with Crippen LogP contribution in [0.1, 0.15) is 49.8 Å². The van der Waals surface area contributed by atoms with Gasteiger partial charge < -0.3 is 14.6 Å². The molecular formula is C24H26ClFO4. The Morgan fingerprint density at radius 3 is 2.70 bits per heavy atom. The zero-order valence-electron chi connectivity index (χ0n) is 17.1. The molecule has 1 fully saturated rings. The summed E-state index contributed by atoms with van der Waals surface area (Å²) in [5.41, 5.74) is 2.52. The summed E-state index contributed by atoms with van der Waals surface area (Å²) < 4.78 is 26.4. The third-order valence-electron chi connectivity index (χ3n) is 5.60. The van der Waals surface area contributed by atoms with Gasteiger partial charge in [0.1, 0.15) is 0 Å². The van der Waals surface area contributed by atoms with Crippen molar-refractivity contribution in [1.29, 1.82) is 0 Å². The maximum atomic E-state index is 14.5. The van der Waals surface area contributed by atoms with Gasteiger partial charge in [0.2, 0.25) is 0 Å². The van der Waals surface area contributed by atoms with Gasteiger partial charge in [-0.1, -0.05) is 54.9 Å². The van der Waals surface area contributed by atoms with E-state index in [2.05, 4.69) is 6.58 Å². The molecular weight excluding hydrogens is 407 g/mol. The minimum atomic E-state index is -1.17. The van der Waals surface area contributed by atoms with E-state index in [0.29, 0.717) is 10.6 Å². The van der Waals surface area contributed by atoms with Crippen LogP contribution in [0.4, 0.5) is 4.39 Å². The summed E-state index contributed by atoms with van der Waals surface area (Å²) in [6.45, 7) is 7.50. The highest BCUT2D eigenvalue weighted by molar-refractivity contribution is 6.30. The predicted molar refractivity (Wildman–Crippen MR) is 115 cm³/mol. The minimum Gasteiger partial charge on any atom is -0.479 e. The molecule has 4 atom stereocenters. The van der Waals surface area contributed by atoms with Crippen molar-refractivity contribution in [2.24, 2.45) is 5.92 Å². The molecule has 0 unspecified atom stereocenters. The van der Waals surface area contributed by atoms with Crippen LogP contribution in [0.2, 0.25) is 5.02 Å². The van der Waals surface area contributed by atoms with E-state index in [4.69, 9.17) is 26.2 Å². The number of ether oxygens (including phenoxy) is 2. The molecule has 4 nitrogen and oxygen atoms in total. The molecule has 6 heteroatoms. The van der Waals surface area contributed by atoms with E-state index in [1.54, 1.807) is 12.1 Å². The molecule has 0 spiro atoms. The molecule has 1 N–H and O–H groups in total. The lowest BCUT2D eigenvalue weighted by Gasteiger charge is -2.43. The van der Waals surface area contributed by atoms with Crippen LogP contribution in [0.15, 0.2) is 54.6 Å². The zero-order chi connectivity index (χ0) is 21.8. The molecule has 0 saturated carbocycles. The number of carboxylic acids is 1. The average Bonchev–Trinajstić information content (AvgIpc) is 2.71. The summed E-state index contributed by atoms with van der Waals surface area (Å²) in [7, 11) is 0. The van der Waals surface area contributed by atoms with Crippen LogP contribution in [0.25, 0.3) is 0 Å². The fourth-order valence-electron chi connectivity index (χ4n) is 4.18. The van der Waals surface area contributed by atoms with E-state index >= 15 is 0 Å². The number of benzene rings is 2. The van der Waals surface area contributed by atoms with Gasteiger partial charge in [-0.2, -0.15) is 0 Å². The van der Waals surface area contributed by atoms with Crippen molar-refractivity contribution in [2.75, 3.05) is 6.61 Å². The standard InChI is InChI=1S/C24H26ClFO4/c1-4-21-19(15-7-5-8-16(25)11-15)12-18(14(2)3)23(30-21)17-9-6-10-20(26)24(17)29-13-22(27)28/h5-11,18-19,21,23H,2,4,12-13H2,1,3H3,(H,27,28)/t18-,19-,21+,23-/m1/s1. The number of halogens is 2. The molecule has 1 aliphatic rings. The highest BCUT2D eigenvalue weighted by atomic mass is 35.5. The first-order valence-corrected chi connectivity index (χ1v) is 10.4. The number of hydrogen-bond donors (Lipinski definition) is 1. The molecule has 1 heterocycles. The van der Waals surface area contributed by atoms with Crippen LogP contribution >= 0.6 is 11.6 Å². The van der Waals surface area contributed by atoms with Gasteiger partial charge in [-0.15, -0.1) is 0 Å². The first-order valence-electron chi connectivity index (χ1n) is 10.0. The maximum Gasteiger partial charge on any atom is 0.341 e. The fourth-order valence-corrected chi connectivity index (χ4v) is 4.38. The SMILES string of the molecule is C=C(C)[C@H]1C[C@H](c2cccc(Cl)c2)[C@H](CC)O[C@@H]1c1cccc(F)c1OCC(=O)O. The largest absolute Gasteiger partial charge is 0.479 e. The Hall–Kier alpha value is -2.37. The Labute approximate surface area is 181 Å². The predicted octanol–water partition coefficient (Wildman–Crippen LogP) is 6.16. The van der Waals surface area contributed by atoms with Gasteiger partial charge >= 0.3 is 5.97 Å². The monoisotopic (exact) mass is 432 g/mol. The first kappa shape index (κ1) is 22.3. The number of aliphatic carboxylic acids is 1. The van der Waals surface area contributed by atoms with Gasteiger partial charge in [0.15, 0.2) is 18.2 Å². The molecule has 0 aliphatic carbocycles. The molecule has 160 valence electrons. The Morgan fingerprint density at radius 1 is 1.33 bits per heavy atom. The number of carboxylic acid groups (broad SMARTS) is 1. The van der Waals surface area contributed by atoms with E-state index in [9.17, 15) is 9.18 Å². The number of rotatable bonds is 7. The van der Waals surface area contributed by atoms with E-state index in [0.717, 1.165) is 24.0 Å². The van der Waals surface area contributed by atoms with Crippen LogP contribution < -0.4 is 4.74 Å². The normalized spacial score (nSPS) is 23.7. The molecule has 1 aliphatic heterocycles. The summed E-state index contributed by atoms with van der Waals surface area (Å²) in [5, 5.41) is 9.64. The Balaban J connectivity index is 1.99. The van der Waals surface area contributed by atoms with Crippen LogP contribution in [-0.4, -0.2) is 23.8 Å². The Bertz CT molecular complexity index is 929. The number of hydrogen-bond acceptors (Lipinski definition) is 3. The molecule has 0 bridgehead atoms. The van der Waals surface area contributed by atoms with Gasteiger partial charge in [0, 0.05) is 22.4 Å². The molecule has 1 saturated heterocycles. The summed E-state index contributed by atoms with van der Waals surface area (Å²) in [6, 6.07) is 12.3. The fraction of sp³-hybridized carbons (Fsp3) is 0.375. The molecule has 2 aromatic carbocycles. The second kappa shape index (κ2) is 9.63.